The molecule has 0 N–H and O–H groups in total. The van der Waals surface area contributed by atoms with E-state index in [9.17, 15) is 0 Å². The van der Waals surface area contributed by atoms with Crippen LogP contribution in [0.1, 0.15) is 11.1 Å². The van der Waals surface area contributed by atoms with Crippen LogP contribution in [0.3, 0.4) is 0 Å². The van der Waals surface area contributed by atoms with Crippen molar-refractivity contribution in [1.82, 2.24) is 29.9 Å². The minimum Gasteiger partial charge on any atom is -0.264 e. The molecule has 0 amide bonds. The summed E-state index contributed by atoms with van der Waals surface area (Å²) in [6, 6.07) is 38.1. The first-order valence-corrected chi connectivity index (χ1v) is 18.0. The van der Waals surface area contributed by atoms with Crippen molar-refractivity contribution in [3.05, 3.63) is 170 Å². The van der Waals surface area contributed by atoms with Gasteiger partial charge in [0, 0.05) is 93.4 Å². The molecule has 0 atom stereocenters. The number of hydrogen-bond acceptors (Lipinski definition) is 6. The van der Waals surface area contributed by atoms with Gasteiger partial charge in [-0.1, -0.05) is 42.5 Å². The molecule has 0 radical (unpaired) electrons. The third kappa shape index (κ3) is 5.19. The molecular weight excluding hydrogens is 661 g/mol. The molecule has 6 heterocycles. The first kappa shape index (κ1) is 31.5. The van der Waals surface area contributed by atoms with Crippen LogP contribution in [0.4, 0.5) is 0 Å². The van der Waals surface area contributed by atoms with Gasteiger partial charge in [0.15, 0.2) is 0 Å². The van der Waals surface area contributed by atoms with Gasteiger partial charge in [-0.05, 0) is 125 Å². The number of hydrogen-bond donors (Lipinski definition) is 0. The first-order valence-electron chi connectivity index (χ1n) is 18.0. The van der Waals surface area contributed by atoms with Crippen molar-refractivity contribution in [2.75, 3.05) is 0 Å². The zero-order valence-corrected chi connectivity index (χ0v) is 29.7. The molecule has 0 saturated carbocycles. The van der Waals surface area contributed by atoms with Gasteiger partial charge in [-0.3, -0.25) is 19.9 Å². The van der Waals surface area contributed by atoms with Gasteiger partial charge in [-0.25, -0.2) is 9.97 Å². The first-order chi connectivity index (χ1) is 26.6. The Morgan fingerprint density at radius 1 is 0.333 bits per heavy atom. The summed E-state index contributed by atoms with van der Waals surface area (Å²) in [4.78, 5) is 28.7. The molecule has 10 aromatic rings. The van der Waals surface area contributed by atoms with Crippen LogP contribution in [0.5, 0.6) is 0 Å². The average molecular weight is 693 g/mol. The minimum absolute atomic E-state index is 0.909. The molecule has 0 bridgehead atoms. The van der Waals surface area contributed by atoms with E-state index in [-0.39, 0.29) is 0 Å². The van der Waals surface area contributed by atoms with Crippen molar-refractivity contribution in [2.24, 2.45) is 0 Å². The molecule has 0 aliphatic carbocycles. The largest absolute Gasteiger partial charge is 0.264 e. The summed E-state index contributed by atoms with van der Waals surface area (Å²) in [7, 11) is 0. The molecule has 10 rings (SSSR count). The van der Waals surface area contributed by atoms with Gasteiger partial charge in [-0.2, -0.15) is 0 Å². The summed E-state index contributed by atoms with van der Waals surface area (Å²) in [5.74, 6) is 0. The molecule has 0 aliphatic rings. The van der Waals surface area contributed by atoms with E-state index >= 15 is 0 Å². The molecule has 0 saturated heterocycles. The Balaban J connectivity index is 1.30. The van der Waals surface area contributed by atoms with Crippen LogP contribution < -0.4 is 0 Å². The summed E-state index contributed by atoms with van der Waals surface area (Å²) >= 11 is 0. The number of benzene rings is 4. The quantitative estimate of drug-likeness (QED) is 0.132. The summed E-state index contributed by atoms with van der Waals surface area (Å²) in [5, 5.41) is 6.81. The van der Waals surface area contributed by atoms with Crippen LogP contribution in [-0.4, -0.2) is 29.9 Å². The van der Waals surface area contributed by atoms with Gasteiger partial charge in [-0.15, -0.1) is 0 Å². The van der Waals surface area contributed by atoms with Gasteiger partial charge in [0.2, 0.25) is 0 Å². The number of pyridine rings is 6. The van der Waals surface area contributed by atoms with Gasteiger partial charge >= 0.3 is 0 Å². The van der Waals surface area contributed by atoms with E-state index in [1.807, 2.05) is 61.4 Å². The van der Waals surface area contributed by atoms with E-state index in [1.54, 1.807) is 12.4 Å². The second kappa shape index (κ2) is 12.8. The standard InChI is InChI=1S/C48H32N6/c1-29-43-39-13-3-4-14-41(39)53-47(34-11-7-19-51-27-34)45(43)30(2)44-40-16-15-31(24-42(40)54-48(46(29)44)35-12-8-20-52-28-35)36-21-37(32-9-5-17-49-25-32)23-38(22-36)33-10-6-18-50-26-33/h3-28H,1-2H3. The van der Waals surface area contributed by atoms with E-state index in [4.69, 9.17) is 9.97 Å². The van der Waals surface area contributed by atoms with Crippen molar-refractivity contribution < 1.29 is 0 Å². The molecule has 4 aromatic carbocycles. The molecule has 6 heteroatoms. The molecule has 0 fully saturated rings. The lowest BCUT2D eigenvalue weighted by molar-refractivity contribution is 1.30. The SMILES string of the molecule is Cc1c2c(-c3cccnc3)nc3cc(-c4cc(-c5cccnc5)cc(-c5cccnc5)c4)ccc3c2c(C)c2c(-c3cccnc3)nc3ccccc3c12. The Hall–Kier alpha value is -7.18. The van der Waals surface area contributed by atoms with Crippen LogP contribution in [-0.2, 0) is 0 Å². The molecule has 0 spiro atoms. The van der Waals surface area contributed by atoms with E-state index in [2.05, 4.69) is 119 Å². The monoisotopic (exact) mass is 692 g/mol. The van der Waals surface area contributed by atoms with Gasteiger partial charge in [0.1, 0.15) is 0 Å². The predicted octanol–water partition coefficient (Wildman–Crippen LogP) is 11.6. The van der Waals surface area contributed by atoms with Crippen LogP contribution >= 0.6 is 0 Å². The van der Waals surface area contributed by atoms with Crippen molar-refractivity contribution >= 4 is 43.4 Å². The molecule has 0 aliphatic heterocycles. The smallest absolute Gasteiger partial charge is 0.0806 e. The minimum atomic E-state index is 0.909. The maximum atomic E-state index is 5.50. The van der Waals surface area contributed by atoms with Crippen molar-refractivity contribution in [1.29, 1.82) is 0 Å². The number of aromatic nitrogens is 6. The van der Waals surface area contributed by atoms with Crippen LogP contribution in [0, 0.1) is 13.8 Å². The molecule has 0 unspecified atom stereocenters. The molecule has 6 nitrogen and oxygen atoms in total. The Kier molecular flexibility index (Phi) is 7.47. The number of rotatable bonds is 5. The van der Waals surface area contributed by atoms with Crippen molar-refractivity contribution in [3.63, 3.8) is 0 Å². The fourth-order valence-corrected chi connectivity index (χ4v) is 8.03. The number of aryl methyl sites for hydroxylation is 2. The predicted molar refractivity (Wildman–Crippen MR) is 220 cm³/mol. The molecule has 254 valence electrons. The Labute approximate surface area is 311 Å². The lowest BCUT2D eigenvalue weighted by atomic mass is 9.86. The second-order valence-corrected chi connectivity index (χ2v) is 13.7. The van der Waals surface area contributed by atoms with Gasteiger partial charge in [0.05, 0.1) is 22.4 Å². The lowest BCUT2D eigenvalue weighted by Gasteiger charge is -2.21. The zero-order chi connectivity index (χ0) is 36.2. The van der Waals surface area contributed by atoms with Gasteiger partial charge < -0.3 is 0 Å². The second-order valence-electron chi connectivity index (χ2n) is 13.7. The maximum Gasteiger partial charge on any atom is 0.0806 e. The highest BCUT2D eigenvalue weighted by molar-refractivity contribution is 6.25. The molecular formula is C48H32N6. The Bertz CT molecular complexity index is 2980. The Morgan fingerprint density at radius 3 is 1.28 bits per heavy atom. The van der Waals surface area contributed by atoms with Crippen LogP contribution in [0.2, 0.25) is 0 Å². The molecule has 54 heavy (non-hydrogen) atoms. The third-order valence-corrected chi connectivity index (χ3v) is 10.5. The lowest BCUT2D eigenvalue weighted by Crippen LogP contribution is -2.00. The van der Waals surface area contributed by atoms with Crippen molar-refractivity contribution in [3.8, 4) is 55.9 Å². The van der Waals surface area contributed by atoms with E-state index in [0.29, 0.717) is 0 Å². The highest BCUT2D eigenvalue weighted by atomic mass is 14.7. The maximum absolute atomic E-state index is 5.50. The zero-order valence-electron chi connectivity index (χ0n) is 29.7. The van der Waals surface area contributed by atoms with Crippen LogP contribution in [0.25, 0.3) is 99.2 Å². The highest BCUT2D eigenvalue weighted by Gasteiger charge is 2.23. The fourth-order valence-electron chi connectivity index (χ4n) is 8.03. The summed E-state index contributed by atoms with van der Waals surface area (Å²) < 4.78 is 0. The van der Waals surface area contributed by atoms with E-state index < -0.39 is 0 Å². The summed E-state index contributed by atoms with van der Waals surface area (Å²) in [5.41, 5.74) is 14.4. The summed E-state index contributed by atoms with van der Waals surface area (Å²) in [6.45, 7) is 4.47. The van der Waals surface area contributed by atoms with E-state index in [0.717, 1.165) is 105 Å². The van der Waals surface area contributed by atoms with Crippen LogP contribution in [0.15, 0.2) is 159 Å². The van der Waals surface area contributed by atoms with Crippen molar-refractivity contribution in [2.45, 2.75) is 13.8 Å². The topological polar surface area (TPSA) is 77.3 Å². The fraction of sp³-hybridized carbons (Fsp3) is 0.0417. The number of para-hydroxylation sites is 1. The Morgan fingerprint density at radius 2 is 0.778 bits per heavy atom. The average Bonchev–Trinajstić information content (AvgIpc) is 3.25. The number of fused-ring (bicyclic) bond motifs is 6. The highest BCUT2D eigenvalue weighted by Crippen LogP contribution is 2.46. The van der Waals surface area contributed by atoms with Gasteiger partial charge in [0.25, 0.3) is 0 Å². The third-order valence-electron chi connectivity index (χ3n) is 10.5. The normalized spacial score (nSPS) is 11.5. The summed E-state index contributed by atoms with van der Waals surface area (Å²) in [6.07, 6.45) is 14.9. The number of nitrogens with zero attached hydrogens (tertiary/aromatic N) is 6. The molecule has 6 aromatic heterocycles. The van der Waals surface area contributed by atoms with E-state index in [1.165, 1.54) is 5.39 Å².